The van der Waals surface area contributed by atoms with Crippen molar-refractivity contribution in [1.29, 1.82) is 0 Å². The molecular weight excluding hydrogens is 340 g/mol. The van der Waals surface area contributed by atoms with Gasteiger partial charge in [-0.2, -0.15) is 0 Å². The molecule has 138 valence electrons. The van der Waals surface area contributed by atoms with Crippen LogP contribution in [0.1, 0.15) is 12.8 Å². The number of piperazine rings is 1. The second-order valence-corrected chi connectivity index (χ2v) is 6.45. The van der Waals surface area contributed by atoms with E-state index in [0.717, 1.165) is 39.3 Å². The summed E-state index contributed by atoms with van der Waals surface area (Å²) < 4.78 is 0. The summed E-state index contributed by atoms with van der Waals surface area (Å²) in [4.78, 5) is 28.2. The van der Waals surface area contributed by atoms with E-state index < -0.39 is 0 Å². The van der Waals surface area contributed by atoms with E-state index >= 15 is 0 Å². The third-order valence-corrected chi connectivity index (χ3v) is 4.77. The molecule has 1 aromatic carbocycles. The molecule has 0 aromatic heterocycles. The molecule has 2 aliphatic heterocycles. The van der Waals surface area contributed by atoms with E-state index in [4.69, 9.17) is 0 Å². The number of nitrogens with one attached hydrogen (secondary N) is 2. The molecule has 3 rings (SSSR count). The average molecular weight is 367 g/mol. The van der Waals surface area contributed by atoms with Gasteiger partial charge >= 0.3 is 0 Å². The standard InChI is InChI=1S/C18H26N4O2.ClH/c23-17(7-4-8-20-18(24)15-13-19-14-15)22-11-9-21(10-12-22)16-5-2-1-3-6-16;/h1-3,5-6,15,19H,4,7-14H2,(H,20,24);1H. The van der Waals surface area contributed by atoms with Crippen molar-refractivity contribution in [2.75, 3.05) is 50.7 Å². The van der Waals surface area contributed by atoms with Crippen molar-refractivity contribution in [1.82, 2.24) is 15.5 Å². The topological polar surface area (TPSA) is 64.7 Å². The molecule has 0 saturated carbocycles. The number of hydrogen-bond acceptors (Lipinski definition) is 4. The Bertz CT molecular complexity index is 557. The smallest absolute Gasteiger partial charge is 0.225 e. The predicted octanol–water partition coefficient (Wildman–Crippen LogP) is 0.873. The first kappa shape index (κ1) is 19.5. The van der Waals surface area contributed by atoms with Gasteiger partial charge in [0.05, 0.1) is 5.92 Å². The Balaban J connectivity index is 0.00000225. The van der Waals surface area contributed by atoms with Crippen molar-refractivity contribution >= 4 is 29.9 Å². The van der Waals surface area contributed by atoms with Gasteiger partial charge in [0.15, 0.2) is 0 Å². The van der Waals surface area contributed by atoms with Crippen molar-refractivity contribution in [2.45, 2.75) is 12.8 Å². The van der Waals surface area contributed by atoms with E-state index in [0.29, 0.717) is 19.4 Å². The SMILES string of the molecule is Cl.O=C(NCCCC(=O)N1CCN(c2ccccc2)CC1)C1CNC1. The Morgan fingerprint density at radius 1 is 1.08 bits per heavy atom. The van der Waals surface area contributed by atoms with E-state index in [2.05, 4.69) is 27.7 Å². The Labute approximate surface area is 155 Å². The van der Waals surface area contributed by atoms with Gasteiger partial charge < -0.3 is 20.4 Å². The van der Waals surface area contributed by atoms with Crippen LogP contribution < -0.4 is 15.5 Å². The highest BCUT2D eigenvalue weighted by atomic mass is 35.5. The molecule has 25 heavy (non-hydrogen) atoms. The Hall–Kier alpha value is -1.79. The predicted molar refractivity (Wildman–Crippen MR) is 101 cm³/mol. The lowest BCUT2D eigenvalue weighted by Gasteiger charge is -2.36. The Kier molecular flexibility index (Phi) is 7.52. The third kappa shape index (κ3) is 5.34. The lowest BCUT2D eigenvalue weighted by Crippen LogP contribution is -2.51. The maximum Gasteiger partial charge on any atom is 0.225 e. The van der Waals surface area contributed by atoms with Gasteiger partial charge in [0.25, 0.3) is 0 Å². The number of nitrogens with zero attached hydrogens (tertiary/aromatic N) is 2. The molecule has 6 nitrogen and oxygen atoms in total. The van der Waals surface area contributed by atoms with Crippen LogP contribution in [0.3, 0.4) is 0 Å². The van der Waals surface area contributed by atoms with Crippen LogP contribution in [0.25, 0.3) is 0 Å². The Morgan fingerprint density at radius 3 is 2.36 bits per heavy atom. The van der Waals surface area contributed by atoms with Crippen LogP contribution in [-0.2, 0) is 9.59 Å². The van der Waals surface area contributed by atoms with Crippen LogP contribution in [0.5, 0.6) is 0 Å². The molecule has 2 saturated heterocycles. The van der Waals surface area contributed by atoms with Crippen LogP contribution in [0, 0.1) is 5.92 Å². The van der Waals surface area contributed by atoms with E-state index in [9.17, 15) is 9.59 Å². The van der Waals surface area contributed by atoms with Gasteiger partial charge in [-0.05, 0) is 18.6 Å². The minimum atomic E-state index is 0. The molecule has 0 atom stereocenters. The van der Waals surface area contributed by atoms with E-state index in [-0.39, 0.29) is 30.1 Å². The number of anilines is 1. The fraction of sp³-hybridized carbons (Fsp3) is 0.556. The molecule has 0 aliphatic carbocycles. The fourth-order valence-corrected chi connectivity index (χ4v) is 3.08. The summed E-state index contributed by atoms with van der Waals surface area (Å²) in [5.41, 5.74) is 1.22. The zero-order valence-electron chi connectivity index (χ0n) is 14.4. The van der Waals surface area contributed by atoms with Crippen molar-refractivity contribution in [3.05, 3.63) is 30.3 Å². The summed E-state index contributed by atoms with van der Waals surface area (Å²) >= 11 is 0. The second kappa shape index (κ2) is 9.63. The van der Waals surface area contributed by atoms with Crippen molar-refractivity contribution in [2.24, 2.45) is 5.92 Å². The third-order valence-electron chi connectivity index (χ3n) is 4.77. The van der Waals surface area contributed by atoms with Crippen molar-refractivity contribution in [3.63, 3.8) is 0 Å². The number of para-hydroxylation sites is 1. The molecule has 2 N–H and O–H groups in total. The molecule has 0 bridgehead atoms. The summed E-state index contributed by atoms with van der Waals surface area (Å²) in [6.45, 7) is 5.43. The van der Waals surface area contributed by atoms with Gasteiger partial charge in [0, 0.05) is 57.9 Å². The van der Waals surface area contributed by atoms with Crippen molar-refractivity contribution < 1.29 is 9.59 Å². The summed E-state index contributed by atoms with van der Waals surface area (Å²) in [5, 5.41) is 6.00. The molecule has 2 aliphatic rings. The lowest BCUT2D eigenvalue weighted by molar-refractivity contribution is -0.132. The maximum atomic E-state index is 12.3. The lowest BCUT2D eigenvalue weighted by atomic mass is 10.0. The van der Waals surface area contributed by atoms with E-state index in [1.807, 2.05) is 23.1 Å². The normalized spacial score (nSPS) is 17.4. The minimum Gasteiger partial charge on any atom is -0.368 e. The second-order valence-electron chi connectivity index (χ2n) is 6.45. The number of carbonyl (C=O) groups excluding carboxylic acids is 2. The number of halogens is 1. The molecule has 7 heteroatoms. The summed E-state index contributed by atoms with van der Waals surface area (Å²) in [6, 6.07) is 10.3. The Morgan fingerprint density at radius 2 is 1.76 bits per heavy atom. The van der Waals surface area contributed by atoms with Crippen LogP contribution in [0.15, 0.2) is 30.3 Å². The fourth-order valence-electron chi connectivity index (χ4n) is 3.08. The molecule has 0 spiro atoms. The first-order valence-corrected chi connectivity index (χ1v) is 8.80. The van der Waals surface area contributed by atoms with E-state index in [1.165, 1.54) is 5.69 Å². The highest BCUT2D eigenvalue weighted by molar-refractivity contribution is 5.85. The van der Waals surface area contributed by atoms with Crippen LogP contribution in [0.2, 0.25) is 0 Å². The molecule has 2 heterocycles. The molecule has 0 unspecified atom stereocenters. The zero-order chi connectivity index (χ0) is 16.8. The molecular formula is C18H27ClN4O2. The minimum absolute atomic E-state index is 0. The van der Waals surface area contributed by atoms with Gasteiger partial charge in [0.1, 0.15) is 0 Å². The van der Waals surface area contributed by atoms with Gasteiger partial charge in [-0.3, -0.25) is 9.59 Å². The van der Waals surface area contributed by atoms with Gasteiger partial charge in [-0.15, -0.1) is 12.4 Å². The quantitative estimate of drug-likeness (QED) is 0.733. The summed E-state index contributed by atoms with van der Waals surface area (Å²) in [5.74, 6) is 0.423. The number of amides is 2. The number of hydrogen-bond donors (Lipinski definition) is 2. The van der Waals surface area contributed by atoms with Crippen molar-refractivity contribution in [3.8, 4) is 0 Å². The largest absolute Gasteiger partial charge is 0.368 e. The number of rotatable bonds is 6. The first-order chi connectivity index (χ1) is 11.7. The highest BCUT2D eigenvalue weighted by Crippen LogP contribution is 2.16. The molecule has 0 radical (unpaired) electrons. The van der Waals surface area contributed by atoms with E-state index in [1.54, 1.807) is 0 Å². The van der Waals surface area contributed by atoms with Crippen LogP contribution in [-0.4, -0.2) is 62.5 Å². The average Bonchev–Trinajstić information content (AvgIpc) is 2.58. The summed E-state index contributed by atoms with van der Waals surface area (Å²) in [6.07, 6.45) is 1.22. The highest BCUT2D eigenvalue weighted by Gasteiger charge is 2.24. The molecule has 1 aromatic rings. The number of benzene rings is 1. The van der Waals surface area contributed by atoms with Gasteiger partial charge in [-0.1, -0.05) is 18.2 Å². The van der Waals surface area contributed by atoms with Gasteiger partial charge in [0.2, 0.25) is 11.8 Å². The maximum absolute atomic E-state index is 12.3. The molecule has 2 amide bonds. The monoisotopic (exact) mass is 366 g/mol. The molecule has 2 fully saturated rings. The first-order valence-electron chi connectivity index (χ1n) is 8.80. The summed E-state index contributed by atoms with van der Waals surface area (Å²) in [7, 11) is 0. The van der Waals surface area contributed by atoms with Gasteiger partial charge in [-0.25, -0.2) is 0 Å². The van der Waals surface area contributed by atoms with Crippen LogP contribution >= 0.6 is 12.4 Å². The zero-order valence-corrected chi connectivity index (χ0v) is 15.3. The number of carbonyl (C=O) groups is 2. The van der Waals surface area contributed by atoms with Crippen LogP contribution in [0.4, 0.5) is 5.69 Å².